The monoisotopic (exact) mass is 389 g/mol. The molecule has 0 saturated carbocycles. The van der Waals surface area contributed by atoms with Crippen molar-refractivity contribution in [3.8, 4) is 0 Å². The van der Waals surface area contributed by atoms with Gasteiger partial charge in [0.05, 0.1) is 6.54 Å². The first-order chi connectivity index (χ1) is 11.9. The van der Waals surface area contributed by atoms with Gasteiger partial charge in [0.25, 0.3) is 15.9 Å². The van der Waals surface area contributed by atoms with E-state index in [0.29, 0.717) is 0 Å². The lowest BCUT2D eigenvalue weighted by Crippen LogP contribution is -2.46. The van der Waals surface area contributed by atoms with Crippen LogP contribution in [0.2, 0.25) is 0 Å². The molecule has 2 amide bonds. The van der Waals surface area contributed by atoms with Crippen LogP contribution in [0.4, 0.5) is 0 Å². The topological polar surface area (TPSA) is 146 Å². The number of carbonyl (C=O) groups is 3. The van der Waals surface area contributed by atoms with Crippen molar-refractivity contribution in [3.63, 3.8) is 0 Å². The van der Waals surface area contributed by atoms with E-state index in [4.69, 9.17) is 9.52 Å². The van der Waals surface area contributed by atoms with Crippen LogP contribution in [0, 0.1) is 5.92 Å². The maximum absolute atomic E-state index is 11.9. The second-order valence-electron chi connectivity index (χ2n) is 6.18. The maximum Gasteiger partial charge on any atom is 0.326 e. The first-order valence-corrected chi connectivity index (χ1v) is 9.22. The quantitative estimate of drug-likeness (QED) is 0.533. The molecule has 0 bridgehead atoms. The van der Waals surface area contributed by atoms with E-state index >= 15 is 0 Å². The minimum Gasteiger partial charge on any atom is -0.480 e. The Morgan fingerprint density at radius 3 is 2.35 bits per heavy atom. The lowest BCUT2D eigenvalue weighted by molar-refractivity contribution is -0.142. The van der Waals surface area contributed by atoms with Crippen molar-refractivity contribution in [2.45, 2.75) is 31.4 Å². The number of amides is 2. The third kappa shape index (κ3) is 5.85. The average Bonchev–Trinajstić information content (AvgIpc) is 3.02. The Kier molecular flexibility index (Phi) is 7.33. The van der Waals surface area contributed by atoms with Crippen LogP contribution in [0.15, 0.2) is 21.6 Å². The van der Waals surface area contributed by atoms with Crippen molar-refractivity contribution in [3.05, 3.63) is 17.9 Å². The van der Waals surface area contributed by atoms with Gasteiger partial charge < -0.3 is 20.2 Å². The smallest absolute Gasteiger partial charge is 0.326 e. The standard InChI is InChI=1S/C15H23N3O7S/c1-9(2)7-10(15(21)22)17-12(19)8-16-14(20)11-5-6-13(25-11)26(23,24)18(3)4/h5-6,9-10H,7-8H2,1-4H3,(H,16,20)(H,17,19)(H,21,22)/t10-/m0/s1. The number of carboxylic acids is 1. The molecule has 11 heteroatoms. The molecule has 0 aliphatic rings. The zero-order valence-electron chi connectivity index (χ0n) is 15.0. The van der Waals surface area contributed by atoms with E-state index in [1.165, 1.54) is 20.2 Å². The highest BCUT2D eigenvalue weighted by Crippen LogP contribution is 2.16. The fourth-order valence-corrected chi connectivity index (χ4v) is 2.74. The molecular formula is C15H23N3O7S. The molecule has 0 radical (unpaired) electrons. The Labute approximate surface area is 151 Å². The normalized spacial score (nSPS) is 12.8. The zero-order valence-corrected chi connectivity index (χ0v) is 15.8. The van der Waals surface area contributed by atoms with Crippen molar-refractivity contribution >= 4 is 27.8 Å². The Morgan fingerprint density at radius 2 is 1.85 bits per heavy atom. The first-order valence-electron chi connectivity index (χ1n) is 7.78. The number of nitrogens with one attached hydrogen (secondary N) is 2. The second-order valence-corrected chi connectivity index (χ2v) is 8.26. The van der Waals surface area contributed by atoms with Crippen LogP contribution in [-0.4, -0.2) is 62.3 Å². The summed E-state index contributed by atoms with van der Waals surface area (Å²) in [5.74, 6) is -2.86. The van der Waals surface area contributed by atoms with Crippen molar-refractivity contribution in [1.29, 1.82) is 0 Å². The second kappa shape index (κ2) is 8.81. The van der Waals surface area contributed by atoms with Crippen molar-refractivity contribution < 1.29 is 32.3 Å². The van der Waals surface area contributed by atoms with E-state index in [2.05, 4.69) is 10.6 Å². The predicted molar refractivity (Wildman–Crippen MR) is 90.9 cm³/mol. The summed E-state index contributed by atoms with van der Waals surface area (Å²) < 4.78 is 29.7. The first kappa shape index (κ1) is 21.6. The van der Waals surface area contributed by atoms with Crippen LogP contribution < -0.4 is 10.6 Å². The SMILES string of the molecule is CC(C)C[C@H](NC(=O)CNC(=O)c1ccc(S(=O)(=O)N(C)C)o1)C(=O)O. The highest BCUT2D eigenvalue weighted by atomic mass is 32.2. The summed E-state index contributed by atoms with van der Waals surface area (Å²) in [4.78, 5) is 34.9. The number of sulfonamides is 1. The van der Waals surface area contributed by atoms with E-state index in [1.54, 1.807) is 0 Å². The predicted octanol–water partition coefficient (Wildman–Crippen LogP) is -0.125. The van der Waals surface area contributed by atoms with Crippen molar-refractivity contribution in [1.82, 2.24) is 14.9 Å². The number of carboxylic acid groups (broad SMARTS) is 1. The summed E-state index contributed by atoms with van der Waals surface area (Å²) in [7, 11) is -1.18. The molecule has 146 valence electrons. The molecule has 0 aliphatic heterocycles. The molecule has 0 saturated heterocycles. The van der Waals surface area contributed by atoms with Crippen LogP contribution in [0.25, 0.3) is 0 Å². The van der Waals surface area contributed by atoms with Crippen LogP contribution in [-0.2, 0) is 19.6 Å². The van der Waals surface area contributed by atoms with Gasteiger partial charge in [0.15, 0.2) is 5.76 Å². The van der Waals surface area contributed by atoms with Crippen LogP contribution in [0.3, 0.4) is 0 Å². The summed E-state index contributed by atoms with van der Waals surface area (Å²) in [6, 6.07) is 1.25. The van der Waals surface area contributed by atoms with Gasteiger partial charge >= 0.3 is 5.97 Å². The summed E-state index contributed by atoms with van der Waals surface area (Å²) in [6.45, 7) is 3.16. The molecule has 0 unspecified atom stereocenters. The number of hydrogen-bond acceptors (Lipinski definition) is 6. The average molecular weight is 389 g/mol. The Balaban J connectivity index is 2.65. The molecule has 0 aromatic carbocycles. The van der Waals surface area contributed by atoms with Crippen molar-refractivity contribution in [2.75, 3.05) is 20.6 Å². The van der Waals surface area contributed by atoms with Gasteiger partial charge in [-0.15, -0.1) is 0 Å². The van der Waals surface area contributed by atoms with Gasteiger partial charge in [0.1, 0.15) is 6.04 Å². The lowest BCUT2D eigenvalue weighted by Gasteiger charge is -2.16. The lowest BCUT2D eigenvalue weighted by atomic mass is 10.0. The van der Waals surface area contributed by atoms with E-state index < -0.39 is 45.5 Å². The van der Waals surface area contributed by atoms with Gasteiger partial charge in [-0.25, -0.2) is 17.5 Å². The molecule has 1 heterocycles. The van der Waals surface area contributed by atoms with Crippen LogP contribution >= 0.6 is 0 Å². The van der Waals surface area contributed by atoms with E-state index in [0.717, 1.165) is 10.4 Å². The summed E-state index contributed by atoms with van der Waals surface area (Å²) >= 11 is 0. The summed E-state index contributed by atoms with van der Waals surface area (Å²) in [5.41, 5.74) is 0. The fraction of sp³-hybridized carbons (Fsp3) is 0.533. The summed E-state index contributed by atoms with van der Waals surface area (Å²) in [6.07, 6.45) is 0.249. The molecule has 1 rings (SSSR count). The molecule has 0 spiro atoms. The molecule has 3 N–H and O–H groups in total. The number of aliphatic carboxylic acids is 1. The molecule has 26 heavy (non-hydrogen) atoms. The minimum absolute atomic E-state index is 0.0613. The van der Waals surface area contributed by atoms with E-state index in [-0.39, 0.29) is 18.1 Å². The number of furan rings is 1. The van der Waals surface area contributed by atoms with Crippen LogP contribution in [0.5, 0.6) is 0 Å². The van der Waals surface area contributed by atoms with Gasteiger partial charge in [0.2, 0.25) is 11.0 Å². The Hall–Kier alpha value is -2.40. The van der Waals surface area contributed by atoms with Gasteiger partial charge in [-0.05, 0) is 24.5 Å². The minimum atomic E-state index is -3.82. The summed E-state index contributed by atoms with van der Waals surface area (Å²) in [5, 5.41) is 13.2. The third-order valence-corrected chi connectivity index (χ3v) is 4.98. The molecule has 0 fully saturated rings. The van der Waals surface area contributed by atoms with Gasteiger partial charge in [0, 0.05) is 14.1 Å². The largest absolute Gasteiger partial charge is 0.480 e. The number of hydrogen-bond donors (Lipinski definition) is 3. The van der Waals surface area contributed by atoms with Gasteiger partial charge in [-0.1, -0.05) is 13.8 Å². The Morgan fingerprint density at radius 1 is 1.23 bits per heavy atom. The number of rotatable bonds is 9. The fourth-order valence-electron chi connectivity index (χ4n) is 1.95. The zero-order chi connectivity index (χ0) is 20.1. The van der Waals surface area contributed by atoms with Crippen LogP contribution in [0.1, 0.15) is 30.8 Å². The number of nitrogens with zero attached hydrogens (tertiary/aromatic N) is 1. The molecule has 1 aromatic heterocycles. The molecule has 1 aromatic rings. The van der Waals surface area contributed by atoms with E-state index in [1.807, 2.05) is 13.8 Å². The molecule has 10 nitrogen and oxygen atoms in total. The highest BCUT2D eigenvalue weighted by molar-refractivity contribution is 7.88. The van der Waals surface area contributed by atoms with Crippen molar-refractivity contribution in [2.24, 2.45) is 5.92 Å². The van der Waals surface area contributed by atoms with Gasteiger partial charge in [-0.3, -0.25) is 9.59 Å². The number of carbonyl (C=O) groups excluding carboxylic acids is 2. The Bertz CT molecular complexity index is 768. The molecule has 0 aliphatic carbocycles. The molecule has 1 atom stereocenters. The van der Waals surface area contributed by atoms with E-state index in [9.17, 15) is 22.8 Å². The maximum atomic E-state index is 11.9. The molecular weight excluding hydrogens is 366 g/mol. The van der Waals surface area contributed by atoms with Gasteiger partial charge in [-0.2, -0.15) is 0 Å². The third-order valence-electron chi connectivity index (χ3n) is 3.29. The highest BCUT2D eigenvalue weighted by Gasteiger charge is 2.24.